The number of aryl methyl sites for hydroxylation is 1. The second-order valence-electron chi connectivity index (χ2n) is 8.44. The van der Waals surface area contributed by atoms with E-state index in [9.17, 15) is 14.0 Å². The van der Waals surface area contributed by atoms with Crippen LogP contribution in [0.25, 0.3) is 10.9 Å². The lowest BCUT2D eigenvalue weighted by Crippen LogP contribution is -2.43. The minimum atomic E-state index is -0.852. The van der Waals surface area contributed by atoms with Gasteiger partial charge in [0.1, 0.15) is 11.9 Å². The van der Waals surface area contributed by atoms with Crippen LogP contribution >= 0.6 is 23.4 Å². The first kappa shape index (κ1) is 23.5. The number of hydrogen-bond acceptors (Lipinski definition) is 3. The van der Waals surface area contributed by atoms with Gasteiger partial charge in [-0.2, -0.15) is 0 Å². The highest BCUT2D eigenvalue weighted by atomic mass is 35.5. The number of amides is 2. The van der Waals surface area contributed by atoms with Crippen LogP contribution in [0.2, 0.25) is 5.02 Å². The summed E-state index contributed by atoms with van der Waals surface area (Å²) in [6, 6.07) is 20.4. The molecule has 1 atom stereocenters. The van der Waals surface area contributed by atoms with Gasteiger partial charge >= 0.3 is 0 Å². The van der Waals surface area contributed by atoms with Crippen molar-refractivity contribution in [2.45, 2.75) is 24.2 Å². The van der Waals surface area contributed by atoms with Crippen molar-refractivity contribution >= 4 is 46.1 Å². The van der Waals surface area contributed by atoms with Crippen molar-refractivity contribution < 1.29 is 14.0 Å². The Bertz CT molecular complexity index is 1420. The van der Waals surface area contributed by atoms with Gasteiger partial charge in [-0.3, -0.25) is 9.59 Å². The van der Waals surface area contributed by atoms with Crippen LogP contribution in [0.4, 0.5) is 4.39 Å². The van der Waals surface area contributed by atoms with E-state index in [1.54, 1.807) is 23.1 Å². The van der Waals surface area contributed by atoms with Gasteiger partial charge in [0.15, 0.2) is 0 Å². The third-order valence-electron chi connectivity index (χ3n) is 6.26. The maximum atomic E-state index is 13.8. The summed E-state index contributed by atoms with van der Waals surface area (Å²) >= 11 is 7.88. The molecular weight excluding hydrogens is 485 g/mol. The average molecular weight is 508 g/mol. The Kier molecular flexibility index (Phi) is 6.54. The smallest absolute Gasteiger partial charge is 0.247 e. The highest BCUT2D eigenvalue weighted by molar-refractivity contribution is 8.00. The van der Waals surface area contributed by atoms with Crippen LogP contribution in [0.15, 0.2) is 77.8 Å². The molecule has 0 saturated carbocycles. The molecule has 0 bridgehead atoms. The molecule has 1 aliphatic heterocycles. The summed E-state index contributed by atoms with van der Waals surface area (Å²) in [5.41, 5.74) is 3.34. The number of halogens is 2. The fraction of sp³-hybridized carbons (Fsp3) is 0.185. The van der Waals surface area contributed by atoms with Gasteiger partial charge in [0.2, 0.25) is 11.8 Å². The third-order valence-corrected chi connectivity index (χ3v) is 7.78. The summed E-state index contributed by atoms with van der Waals surface area (Å²) in [7, 11) is 1.95. The van der Waals surface area contributed by atoms with Crippen molar-refractivity contribution in [1.82, 2.24) is 14.8 Å². The molecule has 4 aromatic rings. The van der Waals surface area contributed by atoms with Gasteiger partial charge in [0, 0.05) is 41.6 Å². The fourth-order valence-electron chi connectivity index (χ4n) is 4.50. The highest BCUT2D eigenvalue weighted by Gasteiger charge is 2.39. The van der Waals surface area contributed by atoms with E-state index < -0.39 is 6.04 Å². The Morgan fingerprint density at radius 2 is 1.80 bits per heavy atom. The van der Waals surface area contributed by atoms with E-state index in [2.05, 4.69) is 5.32 Å². The first-order chi connectivity index (χ1) is 16.9. The van der Waals surface area contributed by atoms with Crippen molar-refractivity contribution in [3.8, 4) is 0 Å². The molecule has 1 aromatic heterocycles. The van der Waals surface area contributed by atoms with Gasteiger partial charge in [-0.1, -0.05) is 71.9 Å². The van der Waals surface area contributed by atoms with Gasteiger partial charge < -0.3 is 14.8 Å². The summed E-state index contributed by atoms with van der Waals surface area (Å²) < 4.78 is 15.4. The minimum Gasteiger partial charge on any atom is -0.350 e. The van der Waals surface area contributed by atoms with Gasteiger partial charge in [-0.05, 0) is 35.4 Å². The number of aromatic nitrogens is 1. The van der Waals surface area contributed by atoms with Crippen molar-refractivity contribution in [3.05, 3.63) is 100 Å². The molecule has 0 saturated heterocycles. The number of para-hydroxylation sites is 1. The fourth-order valence-corrected chi connectivity index (χ4v) is 5.79. The average Bonchev–Trinajstić information content (AvgIpc) is 3.05. The maximum absolute atomic E-state index is 13.8. The zero-order valence-electron chi connectivity index (χ0n) is 19.0. The van der Waals surface area contributed by atoms with E-state index >= 15 is 0 Å². The van der Waals surface area contributed by atoms with Crippen molar-refractivity contribution in [1.29, 1.82) is 0 Å². The van der Waals surface area contributed by atoms with Crippen molar-refractivity contribution in [2.75, 3.05) is 5.75 Å². The summed E-state index contributed by atoms with van der Waals surface area (Å²) in [4.78, 5) is 28.8. The van der Waals surface area contributed by atoms with Gasteiger partial charge in [0.05, 0.1) is 10.8 Å². The molecule has 0 spiro atoms. The molecule has 2 heterocycles. The molecule has 1 unspecified atom stereocenters. The molecule has 8 heteroatoms. The summed E-state index contributed by atoms with van der Waals surface area (Å²) in [6.45, 7) is 0.424. The van der Waals surface area contributed by atoms with Crippen LogP contribution in [0.3, 0.4) is 0 Å². The molecule has 178 valence electrons. The Morgan fingerprint density at radius 1 is 1.09 bits per heavy atom. The Labute approximate surface area is 211 Å². The number of thioether (sulfide) groups is 1. The van der Waals surface area contributed by atoms with E-state index in [0.717, 1.165) is 32.6 Å². The minimum absolute atomic E-state index is 0.142. The van der Waals surface area contributed by atoms with E-state index in [-0.39, 0.29) is 36.5 Å². The van der Waals surface area contributed by atoms with Crippen molar-refractivity contribution in [2.24, 2.45) is 7.05 Å². The monoisotopic (exact) mass is 507 g/mol. The van der Waals surface area contributed by atoms with Crippen molar-refractivity contribution in [3.63, 3.8) is 0 Å². The number of benzene rings is 3. The second kappa shape index (κ2) is 9.76. The topological polar surface area (TPSA) is 54.3 Å². The molecule has 5 rings (SSSR count). The largest absolute Gasteiger partial charge is 0.350 e. The molecular formula is C27H23ClFN3O2S. The predicted molar refractivity (Wildman–Crippen MR) is 137 cm³/mol. The molecule has 0 radical (unpaired) electrons. The predicted octanol–water partition coefficient (Wildman–Crippen LogP) is 5.46. The Balaban J connectivity index is 1.59. The SMILES string of the molecule is Cn1c2c(c3ccccc31)C(C(=O)NCc1ccc(F)cc1)N(Cc1ccccc1Cl)C(=O)CS2. The Hall–Kier alpha value is -3.29. The van der Waals surface area contributed by atoms with Gasteiger partial charge in [-0.25, -0.2) is 4.39 Å². The standard InChI is InChI=1S/C27H23ClFN3O2S/c1-31-22-9-5-3-7-20(22)24-25(26(34)30-14-17-10-12-19(29)13-11-17)32(23(33)16-35-27(24)31)15-18-6-2-4-8-21(18)28/h2-13,25H,14-16H2,1H3,(H,30,34). The molecule has 5 nitrogen and oxygen atoms in total. The van der Waals surface area contributed by atoms with E-state index in [1.165, 1.54) is 23.9 Å². The van der Waals surface area contributed by atoms with Crippen LogP contribution < -0.4 is 5.32 Å². The maximum Gasteiger partial charge on any atom is 0.247 e. The van der Waals surface area contributed by atoms with E-state index in [1.807, 2.05) is 54.1 Å². The number of nitrogens with zero attached hydrogens (tertiary/aromatic N) is 2. The zero-order valence-corrected chi connectivity index (χ0v) is 20.6. The van der Waals surface area contributed by atoms with Gasteiger partial charge in [0.25, 0.3) is 0 Å². The number of hydrogen-bond donors (Lipinski definition) is 1. The lowest BCUT2D eigenvalue weighted by molar-refractivity contribution is -0.139. The number of carbonyl (C=O) groups is 2. The lowest BCUT2D eigenvalue weighted by atomic mass is 10.0. The van der Waals surface area contributed by atoms with Gasteiger partial charge in [-0.15, -0.1) is 0 Å². The van der Waals surface area contributed by atoms with Crippen LogP contribution in [-0.4, -0.2) is 27.0 Å². The number of rotatable bonds is 5. The van der Waals surface area contributed by atoms with Crippen LogP contribution in [0.1, 0.15) is 22.7 Å². The zero-order chi connectivity index (χ0) is 24.5. The molecule has 0 aliphatic carbocycles. The molecule has 35 heavy (non-hydrogen) atoms. The normalized spacial score (nSPS) is 15.7. The molecule has 0 fully saturated rings. The Morgan fingerprint density at radius 3 is 2.57 bits per heavy atom. The molecule has 1 aliphatic rings. The summed E-state index contributed by atoms with van der Waals surface area (Å²) in [5, 5.41) is 5.34. The van der Waals surface area contributed by atoms with Crippen LogP contribution in [0, 0.1) is 5.82 Å². The number of carbonyl (C=O) groups excluding carboxylic acids is 2. The van der Waals surface area contributed by atoms with Crippen LogP contribution in [-0.2, 0) is 29.7 Å². The molecule has 2 amide bonds. The summed E-state index contributed by atoms with van der Waals surface area (Å²) in [5.74, 6) is -0.562. The number of fused-ring (bicyclic) bond motifs is 3. The first-order valence-electron chi connectivity index (χ1n) is 11.2. The lowest BCUT2D eigenvalue weighted by Gasteiger charge is -2.30. The third kappa shape index (κ3) is 4.54. The quantitative estimate of drug-likeness (QED) is 0.390. The van der Waals surface area contributed by atoms with Crippen LogP contribution in [0.5, 0.6) is 0 Å². The molecule has 1 N–H and O–H groups in total. The van der Waals surface area contributed by atoms with E-state index in [0.29, 0.717) is 5.02 Å². The van der Waals surface area contributed by atoms with E-state index in [4.69, 9.17) is 11.6 Å². The second-order valence-corrected chi connectivity index (χ2v) is 9.81. The highest BCUT2D eigenvalue weighted by Crippen LogP contribution is 2.42. The number of nitrogens with one attached hydrogen (secondary N) is 1. The first-order valence-corrected chi connectivity index (χ1v) is 12.6. The summed E-state index contributed by atoms with van der Waals surface area (Å²) in [6.07, 6.45) is 0. The molecule has 3 aromatic carbocycles.